The smallest absolute Gasteiger partial charge is 0.200 e. The fourth-order valence-corrected chi connectivity index (χ4v) is 9.46. The summed E-state index contributed by atoms with van der Waals surface area (Å²) in [6.07, 6.45) is 0.701. The Kier molecular flexibility index (Phi) is 7.12. The van der Waals surface area contributed by atoms with Crippen LogP contribution in [-0.2, 0) is 11.0 Å². The first kappa shape index (κ1) is 19.7. The summed E-state index contributed by atoms with van der Waals surface area (Å²) >= 11 is 12.3. The van der Waals surface area contributed by atoms with Crippen LogP contribution in [-0.4, -0.2) is 14.6 Å². The minimum atomic E-state index is -1.95. The summed E-state index contributed by atoms with van der Waals surface area (Å²) in [7, 11) is -1.95. The predicted molar refractivity (Wildman–Crippen MR) is 97.7 cm³/mol. The van der Waals surface area contributed by atoms with E-state index in [1.807, 2.05) is 6.07 Å². The van der Waals surface area contributed by atoms with Gasteiger partial charge in [-0.25, -0.2) is 0 Å². The highest BCUT2D eigenvalue weighted by Gasteiger charge is 2.45. The fraction of sp³-hybridized carbons (Fsp3) is 0.588. The first-order valence-corrected chi connectivity index (χ1v) is 10.6. The molecular formula is C17H26Cl2O2Si. The minimum Gasteiger partial charge on any atom is -0.412 e. The van der Waals surface area contributed by atoms with Gasteiger partial charge in [0.1, 0.15) is 0 Å². The topological polar surface area (TPSA) is 26.3 Å². The zero-order chi connectivity index (χ0) is 17.1. The van der Waals surface area contributed by atoms with Crippen molar-refractivity contribution in [3.63, 3.8) is 0 Å². The van der Waals surface area contributed by atoms with Gasteiger partial charge in [0.05, 0.1) is 22.2 Å². The summed E-state index contributed by atoms with van der Waals surface area (Å²) < 4.78 is 6.52. The number of carbonyl (C=O) groups excluding carboxylic acids is 1. The number of hydrogen-bond donors (Lipinski definition) is 0. The van der Waals surface area contributed by atoms with Crippen LogP contribution in [0.3, 0.4) is 0 Å². The molecule has 0 radical (unpaired) electrons. The minimum absolute atomic E-state index is 0.343. The predicted octanol–water partition coefficient (Wildman–Crippen LogP) is 6.50. The maximum atomic E-state index is 11.1. The van der Waals surface area contributed by atoms with E-state index in [1.165, 1.54) is 0 Å². The van der Waals surface area contributed by atoms with Crippen LogP contribution in [0.15, 0.2) is 12.1 Å². The molecule has 0 bridgehead atoms. The van der Waals surface area contributed by atoms with Gasteiger partial charge in [0.2, 0.25) is 8.32 Å². The van der Waals surface area contributed by atoms with Crippen LogP contribution in [0.1, 0.15) is 57.5 Å². The van der Waals surface area contributed by atoms with Crippen molar-refractivity contribution in [2.75, 3.05) is 0 Å². The second-order valence-electron chi connectivity index (χ2n) is 6.66. The van der Waals surface area contributed by atoms with E-state index in [1.54, 1.807) is 6.07 Å². The Balaban J connectivity index is 3.12. The molecule has 0 saturated heterocycles. The van der Waals surface area contributed by atoms with Crippen LogP contribution in [0.25, 0.3) is 0 Å². The van der Waals surface area contributed by atoms with Crippen molar-refractivity contribution in [2.24, 2.45) is 0 Å². The Morgan fingerprint density at radius 2 is 1.55 bits per heavy atom. The molecule has 2 nitrogen and oxygen atoms in total. The molecule has 1 rings (SSSR count). The largest absolute Gasteiger partial charge is 0.412 e. The molecule has 1 aromatic carbocycles. The van der Waals surface area contributed by atoms with E-state index >= 15 is 0 Å². The van der Waals surface area contributed by atoms with Crippen molar-refractivity contribution >= 4 is 37.8 Å². The van der Waals surface area contributed by atoms with Gasteiger partial charge in [0.15, 0.2) is 6.29 Å². The maximum Gasteiger partial charge on any atom is 0.200 e. The van der Waals surface area contributed by atoms with Gasteiger partial charge in [-0.2, -0.15) is 0 Å². The highest BCUT2D eigenvalue weighted by atomic mass is 35.5. The zero-order valence-electron chi connectivity index (χ0n) is 14.2. The van der Waals surface area contributed by atoms with Gasteiger partial charge < -0.3 is 4.43 Å². The van der Waals surface area contributed by atoms with Crippen LogP contribution in [0.4, 0.5) is 0 Å². The van der Waals surface area contributed by atoms with E-state index in [4.69, 9.17) is 27.6 Å². The molecule has 0 aliphatic rings. The Bertz CT molecular complexity index is 506. The van der Waals surface area contributed by atoms with Crippen LogP contribution in [0.2, 0.25) is 26.7 Å². The Labute approximate surface area is 145 Å². The third-order valence-corrected chi connectivity index (χ3v) is 11.3. The second kappa shape index (κ2) is 7.96. The van der Waals surface area contributed by atoms with Crippen molar-refractivity contribution in [2.45, 2.75) is 64.8 Å². The number of carbonyl (C=O) groups is 1. The molecule has 0 spiro atoms. The van der Waals surface area contributed by atoms with Gasteiger partial charge in [-0.3, -0.25) is 4.79 Å². The molecule has 0 amide bonds. The van der Waals surface area contributed by atoms with Crippen LogP contribution in [0.5, 0.6) is 0 Å². The molecule has 1 aromatic rings. The van der Waals surface area contributed by atoms with Gasteiger partial charge in [0.25, 0.3) is 0 Å². The fourth-order valence-electron chi connectivity index (χ4n) is 3.54. The second-order valence-corrected chi connectivity index (χ2v) is 12.9. The normalized spacial score (nSPS) is 12.5. The summed E-state index contributed by atoms with van der Waals surface area (Å²) in [6.45, 7) is 13.9. The van der Waals surface area contributed by atoms with E-state index in [-0.39, 0.29) is 0 Å². The van der Waals surface area contributed by atoms with E-state index in [9.17, 15) is 4.79 Å². The van der Waals surface area contributed by atoms with Gasteiger partial charge in [-0.15, -0.1) is 0 Å². The first-order valence-electron chi connectivity index (χ1n) is 7.74. The van der Waals surface area contributed by atoms with Crippen molar-refractivity contribution in [1.82, 2.24) is 0 Å². The van der Waals surface area contributed by atoms with Crippen molar-refractivity contribution in [1.29, 1.82) is 0 Å². The molecule has 0 aromatic heterocycles. The average Bonchev–Trinajstić information content (AvgIpc) is 2.41. The lowest BCUT2D eigenvalue weighted by molar-refractivity contribution is 0.112. The molecule has 0 saturated carbocycles. The lowest BCUT2D eigenvalue weighted by Gasteiger charge is -2.42. The summed E-state index contributed by atoms with van der Waals surface area (Å²) in [5, 5.41) is 0.783. The molecule has 124 valence electrons. The number of hydrogen-bond acceptors (Lipinski definition) is 2. The summed E-state index contributed by atoms with van der Waals surface area (Å²) in [6, 6.07) is 3.55. The maximum absolute atomic E-state index is 11.1. The van der Waals surface area contributed by atoms with Crippen molar-refractivity contribution in [3.8, 4) is 0 Å². The zero-order valence-corrected chi connectivity index (χ0v) is 16.8. The molecule has 0 heterocycles. The van der Waals surface area contributed by atoms with Gasteiger partial charge >= 0.3 is 0 Å². The lowest BCUT2D eigenvalue weighted by Crippen LogP contribution is -2.47. The van der Waals surface area contributed by atoms with E-state index in [0.29, 0.717) is 45.1 Å². The Morgan fingerprint density at radius 3 is 1.95 bits per heavy atom. The summed E-state index contributed by atoms with van der Waals surface area (Å²) in [5.41, 5.74) is 2.68. The number of benzene rings is 1. The van der Waals surface area contributed by atoms with Gasteiger partial charge in [0, 0.05) is 0 Å². The molecule has 0 aliphatic carbocycles. The summed E-state index contributed by atoms with van der Waals surface area (Å²) in [5.74, 6) is 0. The number of aldehydes is 1. The molecule has 0 fully saturated rings. The first-order chi connectivity index (χ1) is 10.2. The third kappa shape index (κ3) is 3.76. The molecule has 0 atom stereocenters. The molecule has 5 heteroatoms. The number of halogens is 2. The van der Waals surface area contributed by atoms with E-state index in [2.05, 4.69) is 41.5 Å². The highest BCUT2D eigenvalue weighted by Crippen LogP contribution is 2.43. The van der Waals surface area contributed by atoms with Crippen LogP contribution >= 0.6 is 23.2 Å². The van der Waals surface area contributed by atoms with E-state index in [0.717, 1.165) is 5.56 Å². The highest BCUT2D eigenvalue weighted by molar-refractivity contribution is 6.77. The van der Waals surface area contributed by atoms with Gasteiger partial charge in [-0.1, -0.05) is 70.8 Å². The van der Waals surface area contributed by atoms with Crippen molar-refractivity contribution < 1.29 is 9.22 Å². The standard InChI is InChI=1S/C17H26Cl2O2Si/c1-11(2)22(12(3)4,13(5)6)21-10-14-7-8-16(18)15(9-20)17(14)19/h7-9,11-13H,10H2,1-6H3. The average molecular weight is 361 g/mol. The molecule has 0 aliphatic heterocycles. The number of rotatable bonds is 7. The molecule has 22 heavy (non-hydrogen) atoms. The van der Waals surface area contributed by atoms with Gasteiger partial charge in [-0.05, 0) is 28.3 Å². The summed E-state index contributed by atoms with van der Waals surface area (Å²) in [4.78, 5) is 11.1. The van der Waals surface area contributed by atoms with Crippen LogP contribution in [0, 0.1) is 0 Å². The van der Waals surface area contributed by atoms with E-state index < -0.39 is 8.32 Å². The Morgan fingerprint density at radius 1 is 1.05 bits per heavy atom. The lowest BCUT2D eigenvalue weighted by atomic mass is 10.1. The quantitative estimate of drug-likeness (QED) is 0.409. The van der Waals surface area contributed by atoms with Crippen molar-refractivity contribution in [3.05, 3.63) is 33.3 Å². The Hall–Kier alpha value is -0.353. The SMILES string of the molecule is CC(C)[Si](OCc1ccc(Cl)c(C=O)c1Cl)(C(C)C)C(C)C. The molecule has 0 unspecified atom stereocenters. The third-order valence-electron chi connectivity index (χ3n) is 4.51. The monoisotopic (exact) mass is 360 g/mol. The molecular weight excluding hydrogens is 335 g/mol. The van der Waals surface area contributed by atoms with Crippen LogP contribution < -0.4 is 0 Å². The molecule has 0 N–H and O–H groups in total.